The molecule has 8 nitrogen and oxygen atoms in total. The first kappa shape index (κ1) is 21.6. The average Bonchev–Trinajstić information content (AvgIpc) is 2.73. The molecule has 2 aromatic rings. The van der Waals surface area contributed by atoms with Crippen LogP contribution in [0.4, 0.5) is 0 Å². The zero-order chi connectivity index (χ0) is 21.4. The summed E-state index contributed by atoms with van der Waals surface area (Å²) in [6.07, 6.45) is 1.36. The van der Waals surface area contributed by atoms with Gasteiger partial charge >= 0.3 is 5.97 Å². The van der Waals surface area contributed by atoms with Crippen LogP contribution in [0.2, 0.25) is 0 Å². The van der Waals surface area contributed by atoms with Gasteiger partial charge in [-0.25, -0.2) is 4.79 Å². The van der Waals surface area contributed by atoms with Crippen LogP contribution >= 0.6 is 0 Å². The standard InChI is InChI=1S/C21H23NO7/c1-5-29-15-8-6-13(7-9-15)10-16(21(24)25)22-20(23)14-11-17(26-2)19(28-4)18(12-14)27-3/h6-12H,5H2,1-4H3,(H,22,23)(H,24,25)/b16-10+. The van der Waals surface area contributed by atoms with Gasteiger partial charge in [0, 0.05) is 5.56 Å². The average molecular weight is 401 g/mol. The Morgan fingerprint density at radius 1 is 1.00 bits per heavy atom. The lowest BCUT2D eigenvalue weighted by Gasteiger charge is -2.14. The van der Waals surface area contributed by atoms with Crippen LogP contribution in [0.3, 0.4) is 0 Å². The third-order valence-electron chi connectivity index (χ3n) is 3.91. The lowest BCUT2D eigenvalue weighted by atomic mass is 10.1. The van der Waals surface area contributed by atoms with Crippen LogP contribution in [0.15, 0.2) is 42.1 Å². The largest absolute Gasteiger partial charge is 0.494 e. The zero-order valence-corrected chi connectivity index (χ0v) is 16.6. The molecule has 0 unspecified atom stereocenters. The summed E-state index contributed by atoms with van der Waals surface area (Å²) in [5, 5.41) is 11.9. The van der Waals surface area contributed by atoms with Crippen molar-refractivity contribution in [2.24, 2.45) is 0 Å². The van der Waals surface area contributed by atoms with Crippen molar-refractivity contribution in [1.29, 1.82) is 0 Å². The van der Waals surface area contributed by atoms with Gasteiger partial charge in [-0.2, -0.15) is 0 Å². The molecule has 0 saturated carbocycles. The second-order valence-electron chi connectivity index (χ2n) is 5.73. The van der Waals surface area contributed by atoms with Crippen LogP contribution in [0.5, 0.6) is 23.0 Å². The van der Waals surface area contributed by atoms with Crippen molar-refractivity contribution >= 4 is 18.0 Å². The first-order valence-electron chi connectivity index (χ1n) is 8.72. The molecular weight excluding hydrogens is 378 g/mol. The van der Waals surface area contributed by atoms with Crippen LogP contribution in [0, 0.1) is 0 Å². The van der Waals surface area contributed by atoms with Gasteiger partial charge in [0.05, 0.1) is 27.9 Å². The fraction of sp³-hybridized carbons (Fsp3) is 0.238. The number of rotatable bonds is 9. The lowest BCUT2D eigenvalue weighted by Crippen LogP contribution is -2.27. The summed E-state index contributed by atoms with van der Waals surface area (Å²) in [5.74, 6) is -0.352. The number of carboxylic acid groups (broad SMARTS) is 1. The Morgan fingerprint density at radius 3 is 2.03 bits per heavy atom. The minimum absolute atomic E-state index is 0.151. The van der Waals surface area contributed by atoms with Gasteiger partial charge in [-0.3, -0.25) is 4.79 Å². The first-order chi connectivity index (χ1) is 13.9. The number of carboxylic acids is 1. The molecule has 0 saturated heterocycles. The Kier molecular flexibility index (Phi) is 7.47. The normalized spacial score (nSPS) is 10.8. The number of hydrogen-bond acceptors (Lipinski definition) is 6. The van der Waals surface area contributed by atoms with E-state index in [0.717, 1.165) is 0 Å². The maximum Gasteiger partial charge on any atom is 0.352 e. The van der Waals surface area contributed by atoms with Crippen molar-refractivity contribution in [2.45, 2.75) is 6.92 Å². The number of nitrogens with one attached hydrogen (secondary N) is 1. The maximum atomic E-state index is 12.6. The highest BCUT2D eigenvalue weighted by molar-refractivity contribution is 6.03. The Labute approximate surface area is 168 Å². The fourth-order valence-electron chi connectivity index (χ4n) is 2.55. The van der Waals surface area contributed by atoms with E-state index in [4.69, 9.17) is 18.9 Å². The Balaban J connectivity index is 2.31. The van der Waals surface area contributed by atoms with E-state index in [2.05, 4.69) is 5.32 Å². The van der Waals surface area contributed by atoms with Crippen molar-refractivity contribution < 1.29 is 33.6 Å². The van der Waals surface area contributed by atoms with Crippen molar-refractivity contribution in [2.75, 3.05) is 27.9 Å². The van der Waals surface area contributed by atoms with E-state index in [1.807, 2.05) is 6.92 Å². The maximum absolute atomic E-state index is 12.6. The van der Waals surface area contributed by atoms with Gasteiger partial charge in [0.1, 0.15) is 11.4 Å². The highest BCUT2D eigenvalue weighted by atomic mass is 16.5. The SMILES string of the molecule is CCOc1ccc(/C=C(/NC(=O)c2cc(OC)c(OC)c(OC)c2)C(=O)O)cc1. The van der Waals surface area contributed by atoms with E-state index >= 15 is 0 Å². The van der Waals surface area contributed by atoms with Crippen LogP contribution < -0.4 is 24.3 Å². The monoisotopic (exact) mass is 401 g/mol. The molecule has 0 aromatic heterocycles. The van der Waals surface area contributed by atoms with Gasteiger partial charge < -0.3 is 29.4 Å². The zero-order valence-electron chi connectivity index (χ0n) is 16.6. The van der Waals surface area contributed by atoms with Gasteiger partial charge in [-0.1, -0.05) is 12.1 Å². The lowest BCUT2D eigenvalue weighted by molar-refractivity contribution is -0.132. The summed E-state index contributed by atoms with van der Waals surface area (Å²) in [4.78, 5) is 24.2. The molecule has 2 rings (SSSR count). The van der Waals surface area contributed by atoms with Crippen molar-refractivity contribution in [3.63, 3.8) is 0 Å². The summed E-state index contributed by atoms with van der Waals surface area (Å²) in [6, 6.07) is 9.70. The van der Waals surface area contributed by atoms with Crippen LogP contribution in [-0.2, 0) is 4.79 Å². The highest BCUT2D eigenvalue weighted by Crippen LogP contribution is 2.38. The number of hydrogen-bond donors (Lipinski definition) is 2. The third kappa shape index (κ3) is 5.41. The highest BCUT2D eigenvalue weighted by Gasteiger charge is 2.19. The van der Waals surface area contributed by atoms with Crippen LogP contribution in [0.25, 0.3) is 6.08 Å². The van der Waals surface area contributed by atoms with Crippen molar-refractivity contribution in [3.8, 4) is 23.0 Å². The molecule has 0 heterocycles. The number of methoxy groups -OCH3 is 3. The minimum atomic E-state index is -1.28. The van der Waals surface area contributed by atoms with Crippen molar-refractivity contribution in [1.82, 2.24) is 5.32 Å². The molecular formula is C21H23NO7. The molecule has 0 radical (unpaired) electrons. The van der Waals surface area contributed by atoms with E-state index in [1.165, 1.54) is 39.5 Å². The summed E-state index contributed by atoms with van der Waals surface area (Å²) >= 11 is 0. The fourth-order valence-corrected chi connectivity index (χ4v) is 2.55. The summed E-state index contributed by atoms with van der Waals surface area (Å²) in [7, 11) is 4.29. The summed E-state index contributed by atoms with van der Waals surface area (Å²) in [6.45, 7) is 2.40. The minimum Gasteiger partial charge on any atom is -0.494 e. The second-order valence-corrected chi connectivity index (χ2v) is 5.73. The molecule has 2 aromatic carbocycles. The molecule has 8 heteroatoms. The molecule has 29 heavy (non-hydrogen) atoms. The molecule has 2 N–H and O–H groups in total. The molecule has 0 atom stereocenters. The molecule has 1 amide bonds. The van der Waals surface area contributed by atoms with E-state index < -0.39 is 11.9 Å². The number of aliphatic carboxylic acids is 1. The molecule has 0 spiro atoms. The second kappa shape index (κ2) is 10.0. The molecule has 154 valence electrons. The van der Waals surface area contributed by atoms with Crippen LogP contribution in [-0.4, -0.2) is 44.9 Å². The topological polar surface area (TPSA) is 103 Å². The first-order valence-corrected chi connectivity index (χ1v) is 8.72. The van der Waals surface area contributed by atoms with Crippen LogP contribution in [0.1, 0.15) is 22.8 Å². The van der Waals surface area contributed by atoms with Gasteiger partial charge in [0.25, 0.3) is 5.91 Å². The number of amides is 1. The van der Waals surface area contributed by atoms with Crippen molar-refractivity contribution in [3.05, 3.63) is 53.2 Å². The number of ether oxygens (including phenoxy) is 4. The summed E-state index contributed by atoms with van der Waals surface area (Å²) in [5.41, 5.74) is 0.460. The molecule has 0 aliphatic rings. The number of carbonyl (C=O) groups is 2. The van der Waals surface area contributed by atoms with Gasteiger partial charge in [0.2, 0.25) is 5.75 Å². The quantitative estimate of drug-likeness (QED) is 0.623. The van der Waals surface area contributed by atoms with E-state index in [0.29, 0.717) is 23.7 Å². The number of benzene rings is 2. The smallest absolute Gasteiger partial charge is 0.352 e. The predicted molar refractivity (Wildman–Crippen MR) is 107 cm³/mol. The van der Waals surface area contributed by atoms with E-state index in [-0.39, 0.29) is 22.8 Å². The van der Waals surface area contributed by atoms with E-state index in [9.17, 15) is 14.7 Å². The Morgan fingerprint density at radius 2 is 1.59 bits per heavy atom. The predicted octanol–water partition coefficient (Wildman–Crippen LogP) is 2.97. The Hall–Kier alpha value is -3.68. The van der Waals surface area contributed by atoms with Gasteiger partial charge in [0.15, 0.2) is 11.5 Å². The molecule has 0 fully saturated rings. The summed E-state index contributed by atoms with van der Waals surface area (Å²) < 4.78 is 21.0. The van der Waals surface area contributed by atoms with E-state index in [1.54, 1.807) is 24.3 Å². The van der Waals surface area contributed by atoms with Gasteiger partial charge in [-0.05, 0) is 42.8 Å². The molecule has 0 aliphatic heterocycles. The van der Waals surface area contributed by atoms with Gasteiger partial charge in [-0.15, -0.1) is 0 Å². The third-order valence-corrected chi connectivity index (χ3v) is 3.91. The number of carbonyl (C=O) groups excluding carboxylic acids is 1. The molecule has 0 bridgehead atoms. The molecule has 0 aliphatic carbocycles. The Bertz CT molecular complexity index is 879.